The molecule has 3 aromatic rings. The predicted octanol–water partition coefficient (Wildman–Crippen LogP) is 3.50. The van der Waals surface area contributed by atoms with Gasteiger partial charge in [0.15, 0.2) is 0 Å². The maximum atomic E-state index is 12.2. The van der Waals surface area contributed by atoms with Crippen molar-refractivity contribution < 1.29 is 9.59 Å². The molecule has 2 heterocycles. The number of primary amides is 1. The lowest BCUT2D eigenvalue weighted by Crippen LogP contribution is -2.21. The van der Waals surface area contributed by atoms with Crippen LogP contribution in [0.3, 0.4) is 0 Å². The minimum atomic E-state index is -0.602. The van der Waals surface area contributed by atoms with Crippen LogP contribution in [0, 0.1) is 5.92 Å². The zero-order valence-corrected chi connectivity index (χ0v) is 15.1. The number of rotatable bonds is 5. The molecule has 3 N–H and O–H groups in total. The average molecular weight is 360 g/mol. The summed E-state index contributed by atoms with van der Waals surface area (Å²) in [5.41, 5.74) is 8.82. The first-order valence-corrected chi connectivity index (χ1v) is 8.58. The lowest BCUT2D eigenvalue weighted by Gasteiger charge is -2.17. The topological polar surface area (TPSA) is 98.0 Å². The van der Waals surface area contributed by atoms with E-state index < -0.39 is 5.91 Å². The van der Waals surface area contributed by atoms with Gasteiger partial charge in [0.1, 0.15) is 5.82 Å². The highest BCUT2D eigenvalue weighted by molar-refractivity contribution is 6.07. The second-order valence-corrected chi connectivity index (χ2v) is 6.38. The van der Waals surface area contributed by atoms with Crippen LogP contribution in [0.25, 0.3) is 22.3 Å². The van der Waals surface area contributed by atoms with E-state index in [2.05, 4.69) is 15.3 Å². The van der Waals surface area contributed by atoms with E-state index in [1.165, 1.54) is 6.20 Å². The highest BCUT2D eigenvalue weighted by Gasteiger charge is 2.21. The third-order valence-electron chi connectivity index (χ3n) is 4.16. The van der Waals surface area contributed by atoms with Crippen LogP contribution in [-0.4, -0.2) is 21.8 Å². The molecule has 0 atom stereocenters. The third kappa shape index (κ3) is 3.84. The van der Waals surface area contributed by atoms with Gasteiger partial charge in [-0.15, -0.1) is 0 Å². The van der Waals surface area contributed by atoms with Crippen molar-refractivity contribution in [1.29, 1.82) is 0 Å². The Hall–Kier alpha value is -3.54. The Bertz CT molecular complexity index is 984. The van der Waals surface area contributed by atoms with Gasteiger partial charge in [-0.2, -0.15) is 0 Å². The molecule has 0 fully saturated rings. The van der Waals surface area contributed by atoms with Crippen LogP contribution < -0.4 is 11.1 Å². The van der Waals surface area contributed by atoms with E-state index in [-0.39, 0.29) is 23.2 Å². The molecule has 0 unspecified atom stereocenters. The summed E-state index contributed by atoms with van der Waals surface area (Å²) in [6, 6.07) is 13.1. The molecule has 6 heteroatoms. The Morgan fingerprint density at radius 3 is 2.41 bits per heavy atom. The molecule has 0 saturated carbocycles. The Morgan fingerprint density at radius 2 is 1.74 bits per heavy atom. The van der Waals surface area contributed by atoms with Crippen molar-refractivity contribution in [2.45, 2.75) is 13.8 Å². The number of aromatic nitrogens is 2. The lowest BCUT2D eigenvalue weighted by atomic mass is 9.93. The number of pyridine rings is 2. The minimum Gasteiger partial charge on any atom is -0.366 e. The van der Waals surface area contributed by atoms with Gasteiger partial charge < -0.3 is 11.1 Å². The zero-order valence-electron chi connectivity index (χ0n) is 15.1. The van der Waals surface area contributed by atoms with Gasteiger partial charge in [-0.25, -0.2) is 4.98 Å². The number of hydrogen-bond donors (Lipinski definition) is 2. The van der Waals surface area contributed by atoms with E-state index in [9.17, 15) is 9.59 Å². The van der Waals surface area contributed by atoms with Crippen LogP contribution in [-0.2, 0) is 4.79 Å². The number of nitrogens with one attached hydrogen (secondary N) is 1. The molecule has 0 aliphatic rings. The van der Waals surface area contributed by atoms with Crippen LogP contribution in [0.1, 0.15) is 24.2 Å². The summed E-state index contributed by atoms with van der Waals surface area (Å²) in [5.74, 6) is -0.750. The van der Waals surface area contributed by atoms with Gasteiger partial charge in [-0.05, 0) is 23.3 Å². The van der Waals surface area contributed by atoms with Crippen molar-refractivity contribution >= 4 is 17.6 Å². The fourth-order valence-electron chi connectivity index (χ4n) is 2.76. The summed E-state index contributed by atoms with van der Waals surface area (Å²) in [7, 11) is 0. The molecule has 1 aromatic carbocycles. The fourth-order valence-corrected chi connectivity index (χ4v) is 2.76. The minimum absolute atomic E-state index is 0.199. The smallest absolute Gasteiger partial charge is 0.249 e. The lowest BCUT2D eigenvalue weighted by molar-refractivity contribution is -0.118. The van der Waals surface area contributed by atoms with E-state index in [1.807, 2.05) is 36.4 Å². The highest BCUT2D eigenvalue weighted by atomic mass is 16.2. The first kappa shape index (κ1) is 18.3. The van der Waals surface area contributed by atoms with Crippen molar-refractivity contribution in [2.75, 3.05) is 5.32 Å². The summed E-state index contributed by atoms with van der Waals surface area (Å²) >= 11 is 0. The molecule has 0 saturated heterocycles. The molecule has 136 valence electrons. The number of nitrogens with two attached hydrogens (primary N) is 1. The maximum absolute atomic E-state index is 12.2. The molecular formula is C21H20N4O2. The average Bonchev–Trinajstić information content (AvgIpc) is 2.68. The van der Waals surface area contributed by atoms with Crippen LogP contribution in [0.5, 0.6) is 0 Å². The fraction of sp³-hybridized carbons (Fsp3) is 0.143. The number of carbonyl (C=O) groups is 2. The largest absolute Gasteiger partial charge is 0.366 e. The van der Waals surface area contributed by atoms with E-state index in [1.54, 1.807) is 32.3 Å². The standard InChI is InChI=1S/C21H20N4O2/c1-13(2)21(27)25-20-18(16(19(22)26)9-11-24-20)17-12-23-10-8-15(17)14-6-4-3-5-7-14/h3-13H,1-2H3,(H2,22,26)(H,24,25,27). The number of anilines is 1. The van der Waals surface area contributed by atoms with Crippen LogP contribution in [0.4, 0.5) is 5.82 Å². The van der Waals surface area contributed by atoms with Gasteiger partial charge in [-0.1, -0.05) is 44.2 Å². The number of nitrogens with zero attached hydrogens (tertiary/aromatic N) is 2. The Balaban J connectivity index is 2.25. The molecular weight excluding hydrogens is 340 g/mol. The molecule has 2 aromatic heterocycles. The van der Waals surface area contributed by atoms with Gasteiger partial charge in [0.05, 0.1) is 5.56 Å². The van der Waals surface area contributed by atoms with Crippen LogP contribution in [0.2, 0.25) is 0 Å². The van der Waals surface area contributed by atoms with Gasteiger partial charge >= 0.3 is 0 Å². The van der Waals surface area contributed by atoms with Crippen molar-refractivity contribution in [2.24, 2.45) is 11.7 Å². The predicted molar refractivity (Wildman–Crippen MR) is 105 cm³/mol. The van der Waals surface area contributed by atoms with Crippen molar-refractivity contribution in [1.82, 2.24) is 9.97 Å². The Morgan fingerprint density at radius 1 is 1.00 bits per heavy atom. The Labute approximate surface area is 157 Å². The molecule has 27 heavy (non-hydrogen) atoms. The highest BCUT2D eigenvalue weighted by Crippen LogP contribution is 2.37. The molecule has 0 aliphatic carbocycles. The quantitative estimate of drug-likeness (QED) is 0.727. The molecule has 3 rings (SSSR count). The molecule has 0 bridgehead atoms. The molecule has 0 spiro atoms. The van der Waals surface area contributed by atoms with Crippen LogP contribution in [0.15, 0.2) is 61.1 Å². The summed E-state index contributed by atoms with van der Waals surface area (Å²) in [6.45, 7) is 3.57. The van der Waals surface area contributed by atoms with Gasteiger partial charge in [0.25, 0.3) is 0 Å². The van der Waals surface area contributed by atoms with Gasteiger partial charge in [-0.3, -0.25) is 14.6 Å². The van der Waals surface area contributed by atoms with Gasteiger partial charge in [0.2, 0.25) is 11.8 Å². The first-order valence-electron chi connectivity index (χ1n) is 8.58. The molecule has 0 aliphatic heterocycles. The molecule has 0 radical (unpaired) electrons. The zero-order chi connectivity index (χ0) is 19.4. The van der Waals surface area contributed by atoms with Crippen LogP contribution >= 0.6 is 0 Å². The van der Waals surface area contributed by atoms with E-state index in [0.717, 1.165) is 11.1 Å². The van der Waals surface area contributed by atoms with Crippen molar-refractivity contribution in [3.8, 4) is 22.3 Å². The number of carbonyl (C=O) groups excluding carboxylic acids is 2. The first-order chi connectivity index (χ1) is 13.0. The second-order valence-electron chi connectivity index (χ2n) is 6.38. The molecule has 6 nitrogen and oxygen atoms in total. The summed E-state index contributed by atoms with van der Waals surface area (Å²) in [6.07, 6.45) is 4.79. The maximum Gasteiger partial charge on any atom is 0.249 e. The Kier molecular flexibility index (Phi) is 5.26. The molecule has 2 amide bonds. The van der Waals surface area contributed by atoms with Gasteiger partial charge in [0, 0.05) is 35.6 Å². The number of hydrogen-bond acceptors (Lipinski definition) is 4. The normalized spacial score (nSPS) is 10.6. The summed E-state index contributed by atoms with van der Waals surface area (Å²) in [4.78, 5) is 32.8. The second kappa shape index (κ2) is 7.78. The monoisotopic (exact) mass is 360 g/mol. The third-order valence-corrected chi connectivity index (χ3v) is 4.16. The summed E-state index contributed by atoms with van der Waals surface area (Å²) in [5, 5.41) is 2.80. The SMILES string of the molecule is CC(C)C(=O)Nc1nccc(C(N)=O)c1-c1cnccc1-c1ccccc1. The van der Waals surface area contributed by atoms with E-state index in [4.69, 9.17) is 5.73 Å². The van der Waals surface area contributed by atoms with Crippen molar-refractivity contribution in [3.63, 3.8) is 0 Å². The van der Waals surface area contributed by atoms with E-state index >= 15 is 0 Å². The number of benzene rings is 1. The van der Waals surface area contributed by atoms with Crippen molar-refractivity contribution in [3.05, 3.63) is 66.6 Å². The summed E-state index contributed by atoms with van der Waals surface area (Å²) < 4.78 is 0. The van der Waals surface area contributed by atoms with E-state index in [0.29, 0.717) is 11.1 Å². The number of amides is 2.